The van der Waals surface area contributed by atoms with Gasteiger partial charge in [-0.05, 0) is 58.3 Å². The summed E-state index contributed by atoms with van der Waals surface area (Å²) < 4.78 is 12.9. The molecule has 0 amide bonds. The predicted molar refractivity (Wildman–Crippen MR) is 105 cm³/mol. The molecule has 5 heteroatoms. The third-order valence-corrected chi connectivity index (χ3v) is 8.93. The fourth-order valence-corrected chi connectivity index (χ4v) is 7.86. The highest BCUT2D eigenvalue weighted by Crippen LogP contribution is 2.75. The second-order valence-electron chi connectivity index (χ2n) is 10.2. The van der Waals surface area contributed by atoms with E-state index in [1.54, 1.807) is 13.2 Å². The summed E-state index contributed by atoms with van der Waals surface area (Å²) in [4.78, 5) is 2.49. The largest absolute Gasteiger partial charge is 0.504 e. The minimum atomic E-state index is -0.900. The molecule has 150 valence electrons. The number of phenols is 1. The van der Waals surface area contributed by atoms with Crippen LogP contribution < -0.4 is 4.74 Å². The number of likely N-dealkylation sites (N-methyl/N-ethyl adjacent to an activating group) is 1. The second kappa shape index (κ2) is 4.77. The van der Waals surface area contributed by atoms with Gasteiger partial charge in [-0.1, -0.05) is 18.2 Å². The lowest BCUT2D eigenvalue weighted by Gasteiger charge is -2.72. The second-order valence-corrected chi connectivity index (χ2v) is 10.2. The molecule has 2 aliphatic heterocycles. The number of aliphatic hydroxyl groups is 1. The van der Waals surface area contributed by atoms with Gasteiger partial charge in [-0.25, -0.2) is 0 Å². The number of rotatable bonds is 2. The normalized spacial score (nSPS) is 45.1. The van der Waals surface area contributed by atoms with Crippen LogP contribution in [0.2, 0.25) is 0 Å². The number of likely N-dealkylation sites (tertiary alicyclic amines) is 1. The van der Waals surface area contributed by atoms with E-state index < -0.39 is 11.2 Å². The Morgan fingerprint density at radius 1 is 1.29 bits per heavy atom. The summed E-state index contributed by atoms with van der Waals surface area (Å²) in [5.41, 5.74) is 0.565. The zero-order valence-corrected chi connectivity index (χ0v) is 17.0. The summed E-state index contributed by atoms with van der Waals surface area (Å²) in [6.07, 6.45) is 7.12. The monoisotopic (exact) mass is 383 g/mol. The van der Waals surface area contributed by atoms with Crippen LogP contribution >= 0.6 is 0 Å². The molecule has 1 aromatic rings. The van der Waals surface area contributed by atoms with Gasteiger partial charge in [0.1, 0.15) is 11.7 Å². The quantitative estimate of drug-likeness (QED) is 0.768. The molecule has 0 unspecified atom stereocenters. The molecule has 2 fully saturated rings. The summed E-state index contributed by atoms with van der Waals surface area (Å²) in [7, 11) is 3.96. The zero-order valence-electron chi connectivity index (χ0n) is 17.0. The molecule has 6 aliphatic rings. The Labute approximate surface area is 165 Å². The maximum Gasteiger partial charge on any atom is 0.165 e. The fourth-order valence-electron chi connectivity index (χ4n) is 7.86. The van der Waals surface area contributed by atoms with Gasteiger partial charge in [-0.3, -0.25) is 0 Å². The lowest BCUT2D eigenvalue weighted by Crippen LogP contribution is -2.80. The predicted octanol–water partition coefficient (Wildman–Crippen LogP) is 2.38. The SMILES string of the molecule is CO[C@@]12C=C[C@@]3(C[C@H]1C(C)(C)O)[C@H]1Cc4ccc(O)c5c4[C@@]3(CCN1C)[C@@H]2O5. The summed E-state index contributed by atoms with van der Waals surface area (Å²) in [5.74, 6) is 0.789. The minimum absolute atomic E-state index is 0.0832. The molecule has 1 saturated carbocycles. The molecule has 6 atom stereocenters. The number of fused-ring (bicyclic) bond motifs is 1. The van der Waals surface area contributed by atoms with Gasteiger partial charge in [0.15, 0.2) is 11.5 Å². The van der Waals surface area contributed by atoms with E-state index in [4.69, 9.17) is 9.47 Å². The van der Waals surface area contributed by atoms with E-state index in [1.807, 2.05) is 13.8 Å². The van der Waals surface area contributed by atoms with Crippen LogP contribution in [-0.4, -0.2) is 59.2 Å². The van der Waals surface area contributed by atoms with Crippen molar-refractivity contribution in [3.8, 4) is 11.5 Å². The number of ether oxygens (including phenoxy) is 2. The number of piperidine rings is 1. The first-order valence-electron chi connectivity index (χ1n) is 10.4. The van der Waals surface area contributed by atoms with E-state index in [2.05, 4.69) is 30.2 Å². The molecular weight excluding hydrogens is 354 g/mol. The molecule has 28 heavy (non-hydrogen) atoms. The number of nitrogens with zero attached hydrogens (tertiary/aromatic N) is 1. The number of aromatic hydroxyl groups is 1. The highest BCUT2D eigenvalue weighted by Gasteiger charge is 2.80. The highest BCUT2D eigenvalue weighted by atomic mass is 16.6. The Morgan fingerprint density at radius 2 is 2.07 bits per heavy atom. The Balaban J connectivity index is 1.71. The van der Waals surface area contributed by atoms with Crippen molar-refractivity contribution in [1.29, 1.82) is 0 Å². The van der Waals surface area contributed by atoms with Crippen molar-refractivity contribution in [1.82, 2.24) is 4.90 Å². The Kier molecular flexibility index (Phi) is 2.95. The van der Waals surface area contributed by atoms with Crippen LogP contribution in [0.5, 0.6) is 11.5 Å². The van der Waals surface area contributed by atoms with Crippen molar-refractivity contribution >= 4 is 0 Å². The summed E-state index contributed by atoms with van der Waals surface area (Å²) in [6.45, 7) is 4.79. The highest BCUT2D eigenvalue weighted by molar-refractivity contribution is 5.65. The van der Waals surface area contributed by atoms with Gasteiger partial charge in [0, 0.05) is 30.0 Å². The molecule has 5 nitrogen and oxygen atoms in total. The van der Waals surface area contributed by atoms with E-state index in [1.165, 1.54) is 11.1 Å². The van der Waals surface area contributed by atoms with E-state index in [9.17, 15) is 10.2 Å². The van der Waals surface area contributed by atoms with E-state index in [0.717, 1.165) is 25.8 Å². The topological polar surface area (TPSA) is 62.2 Å². The van der Waals surface area contributed by atoms with Crippen molar-refractivity contribution in [2.45, 2.75) is 61.9 Å². The first-order chi connectivity index (χ1) is 13.2. The molecule has 2 spiro atoms. The Hall–Kier alpha value is -1.56. The van der Waals surface area contributed by atoms with E-state index in [0.29, 0.717) is 11.8 Å². The van der Waals surface area contributed by atoms with Crippen molar-refractivity contribution in [3.63, 3.8) is 0 Å². The molecule has 2 N–H and O–H groups in total. The summed E-state index contributed by atoms with van der Waals surface area (Å²) in [5, 5.41) is 21.9. The standard InChI is InChI=1S/C23H29NO4/c1-20(2,26)15-12-21-7-8-23(15,27-4)19-22(21)9-10-24(3)16(21)11-13-5-6-14(25)18(28-19)17(13)22/h5-8,15-16,19,25-26H,9-12H2,1-4H3/t15-,16+,19-,21+,22-,23-/m0/s1. The van der Waals surface area contributed by atoms with Crippen molar-refractivity contribution in [2.75, 3.05) is 20.7 Å². The van der Waals surface area contributed by atoms with Gasteiger partial charge in [-0.2, -0.15) is 0 Å². The van der Waals surface area contributed by atoms with Crippen molar-refractivity contribution in [2.24, 2.45) is 11.3 Å². The fraction of sp³-hybridized carbons (Fsp3) is 0.652. The smallest absolute Gasteiger partial charge is 0.165 e. The van der Waals surface area contributed by atoms with E-state index >= 15 is 0 Å². The summed E-state index contributed by atoms with van der Waals surface area (Å²) >= 11 is 0. The zero-order chi connectivity index (χ0) is 19.7. The molecule has 0 radical (unpaired) electrons. The molecular formula is C23H29NO4. The first kappa shape index (κ1) is 17.3. The van der Waals surface area contributed by atoms with Crippen LogP contribution in [-0.2, 0) is 16.6 Å². The minimum Gasteiger partial charge on any atom is -0.504 e. The third-order valence-electron chi connectivity index (χ3n) is 8.93. The third kappa shape index (κ3) is 1.54. The maximum absolute atomic E-state index is 11.2. The average Bonchev–Trinajstić information content (AvgIpc) is 3.03. The molecule has 1 aromatic carbocycles. The van der Waals surface area contributed by atoms with Crippen molar-refractivity contribution in [3.05, 3.63) is 35.4 Å². The maximum atomic E-state index is 11.2. The van der Waals surface area contributed by atoms with Gasteiger partial charge >= 0.3 is 0 Å². The van der Waals surface area contributed by atoms with Crippen LogP contribution in [0.15, 0.2) is 24.3 Å². The molecule has 0 aromatic heterocycles. The lowest BCUT2D eigenvalue weighted by atomic mass is 9.36. The number of hydrogen-bond acceptors (Lipinski definition) is 5. The number of benzene rings is 1. The number of methoxy groups -OCH3 is 1. The number of phenolic OH excluding ortho intramolecular Hbond substituents is 1. The molecule has 2 heterocycles. The summed E-state index contributed by atoms with van der Waals surface area (Å²) in [6, 6.07) is 4.21. The average molecular weight is 383 g/mol. The Bertz CT molecular complexity index is 920. The van der Waals surface area contributed by atoms with Gasteiger partial charge in [0.05, 0.1) is 11.0 Å². The molecule has 4 aliphatic carbocycles. The van der Waals surface area contributed by atoms with Gasteiger partial charge in [-0.15, -0.1) is 0 Å². The molecule has 4 bridgehead atoms. The van der Waals surface area contributed by atoms with Crippen LogP contribution in [0.3, 0.4) is 0 Å². The lowest BCUT2D eigenvalue weighted by molar-refractivity contribution is -0.243. The Morgan fingerprint density at radius 3 is 2.79 bits per heavy atom. The van der Waals surface area contributed by atoms with Gasteiger partial charge < -0.3 is 24.6 Å². The van der Waals surface area contributed by atoms with Crippen LogP contribution in [0.1, 0.15) is 37.8 Å². The van der Waals surface area contributed by atoms with Gasteiger partial charge in [0.2, 0.25) is 0 Å². The molecule has 7 rings (SSSR count). The van der Waals surface area contributed by atoms with Crippen LogP contribution in [0.4, 0.5) is 0 Å². The van der Waals surface area contributed by atoms with Gasteiger partial charge in [0.25, 0.3) is 0 Å². The van der Waals surface area contributed by atoms with Crippen molar-refractivity contribution < 1.29 is 19.7 Å². The first-order valence-corrected chi connectivity index (χ1v) is 10.4. The van der Waals surface area contributed by atoms with Crippen LogP contribution in [0, 0.1) is 11.3 Å². The molecule has 1 saturated heterocycles. The van der Waals surface area contributed by atoms with E-state index in [-0.39, 0.29) is 28.6 Å². The van der Waals surface area contributed by atoms with Crippen LogP contribution in [0.25, 0.3) is 0 Å². The number of hydrogen-bond donors (Lipinski definition) is 2.